The van der Waals surface area contributed by atoms with Crippen LogP contribution < -0.4 is 0 Å². The van der Waals surface area contributed by atoms with Gasteiger partial charge in [0.25, 0.3) is 5.91 Å². The number of aromatic nitrogens is 1. The second-order valence-corrected chi connectivity index (χ2v) is 7.48. The molecular weight excluding hydrogens is 316 g/mol. The van der Waals surface area contributed by atoms with E-state index in [4.69, 9.17) is 4.74 Å². The van der Waals surface area contributed by atoms with E-state index in [0.29, 0.717) is 31.9 Å². The van der Waals surface area contributed by atoms with Crippen LogP contribution in [0.5, 0.6) is 0 Å². The third kappa shape index (κ3) is 1.85. The Hall–Kier alpha value is -1.98. The lowest BCUT2D eigenvalue weighted by atomic mass is 9.84. The molecule has 1 aromatic heterocycles. The van der Waals surface area contributed by atoms with Gasteiger partial charge in [-0.05, 0) is 44.2 Å². The average molecular weight is 338 g/mol. The number of carbonyl (C=O) groups excluding carboxylic acids is 2. The topological polar surface area (TPSA) is 51.5 Å². The zero-order valence-corrected chi connectivity index (χ0v) is 14.5. The van der Waals surface area contributed by atoms with Gasteiger partial charge in [0.15, 0.2) is 11.3 Å². The first kappa shape index (κ1) is 15.3. The predicted molar refractivity (Wildman–Crippen MR) is 94.3 cm³/mol. The summed E-state index contributed by atoms with van der Waals surface area (Å²) in [4.78, 5) is 29.1. The molecule has 0 amide bonds. The largest absolute Gasteiger partial charge is 0.379 e. The van der Waals surface area contributed by atoms with Crippen LogP contribution in [0.25, 0.3) is 10.9 Å². The summed E-state index contributed by atoms with van der Waals surface area (Å²) >= 11 is 0. The van der Waals surface area contributed by atoms with E-state index in [2.05, 4.69) is 6.07 Å². The minimum atomic E-state index is -1.13. The van der Waals surface area contributed by atoms with Crippen molar-refractivity contribution in [1.82, 2.24) is 9.47 Å². The number of rotatable bonds is 1. The lowest BCUT2D eigenvalue weighted by molar-refractivity contribution is -0.00790. The molecule has 0 spiro atoms. The fourth-order valence-electron chi connectivity index (χ4n) is 4.86. The smallest absolute Gasteiger partial charge is 0.259 e. The van der Waals surface area contributed by atoms with Crippen molar-refractivity contribution in [1.29, 1.82) is 0 Å². The number of benzene rings is 1. The van der Waals surface area contributed by atoms with E-state index in [1.807, 2.05) is 21.6 Å². The Bertz CT molecular complexity index is 907. The van der Waals surface area contributed by atoms with Crippen LogP contribution >= 0.6 is 0 Å². The highest BCUT2D eigenvalue weighted by Crippen LogP contribution is 2.40. The minimum absolute atomic E-state index is 0.0626. The molecule has 5 nitrogen and oxygen atoms in total. The highest BCUT2D eigenvalue weighted by atomic mass is 16.5. The molecule has 1 aromatic carbocycles. The third-order valence-electron chi connectivity index (χ3n) is 6.24. The summed E-state index contributed by atoms with van der Waals surface area (Å²) < 4.78 is 7.32. The van der Waals surface area contributed by atoms with Crippen LogP contribution in [0.15, 0.2) is 18.2 Å². The predicted octanol–water partition coefficient (Wildman–Crippen LogP) is 2.45. The van der Waals surface area contributed by atoms with Crippen molar-refractivity contribution < 1.29 is 14.3 Å². The molecule has 1 unspecified atom stereocenters. The van der Waals surface area contributed by atoms with Gasteiger partial charge in [0.1, 0.15) is 0 Å². The van der Waals surface area contributed by atoms with Gasteiger partial charge in [0.05, 0.1) is 18.7 Å². The zero-order valence-electron chi connectivity index (χ0n) is 14.5. The van der Waals surface area contributed by atoms with E-state index in [9.17, 15) is 9.59 Å². The van der Waals surface area contributed by atoms with Crippen LogP contribution in [0.1, 0.15) is 46.2 Å². The Morgan fingerprint density at radius 3 is 2.64 bits per heavy atom. The first-order chi connectivity index (χ1) is 12.1. The van der Waals surface area contributed by atoms with E-state index in [1.165, 1.54) is 5.56 Å². The van der Waals surface area contributed by atoms with Crippen LogP contribution in [-0.4, -0.2) is 53.0 Å². The van der Waals surface area contributed by atoms with Gasteiger partial charge in [-0.3, -0.25) is 19.1 Å². The van der Waals surface area contributed by atoms with Crippen molar-refractivity contribution in [2.45, 2.75) is 38.1 Å². The number of Topliss-reactive ketones (excluding diaryl/α,β-unsaturated/α-hetero) is 1. The van der Waals surface area contributed by atoms with Crippen LogP contribution in [0.2, 0.25) is 0 Å². The maximum absolute atomic E-state index is 13.6. The van der Waals surface area contributed by atoms with E-state index in [0.717, 1.165) is 42.3 Å². The Kier molecular flexibility index (Phi) is 3.21. The van der Waals surface area contributed by atoms with E-state index < -0.39 is 5.54 Å². The number of carbonyl (C=O) groups is 2. The number of nitrogens with zero attached hydrogens (tertiary/aromatic N) is 2. The van der Waals surface area contributed by atoms with E-state index in [-0.39, 0.29) is 11.7 Å². The Balaban J connectivity index is 1.78. The van der Waals surface area contributed by atoms with Gasteiger partial charge in [0.2, 0.25) is 0 Å². The van der Waals surface area contributed by atoms with E-state index in [1.54, 1.807) is 6.92 Å². The van der Waals surface area contributed by atoms with Crippen LogP contribution in [-0.2, 0) is 17.6 Å². The highest BCUT2D eigenvalue weighted by molar-refractivity contribution is 6.27. The molecule has 2 aromatic rings. The number of fused-ring (bicyclic) bond motifs is 3. The molecule has 1 atom stereocenters. The van der Waals surface area contributed by atoms with Gasteiger partial charge in [0, 0.05) is 29.7 Å². The Morgan fingerprint density at radius 1 is 1.08 bits per heavy atom. The highest BCUT2D eigenvalue weighted by Gasteiger charge is 2.52. The summed E-state index contributed by atoms with van der Waals surface area (Å²) in [6.45, 7) is 4.17. The molecule has 0 bridgehead atoms. The number of morpholine rings is 1. The van der Waals surface area contributed by atoms with Gasteiger partial charge >= 0.3 is 0 Å². The number of hydrogen-bond donors (Lipinski definition) is 0. The molecule has 5 heteroatoms. The second kappa shape index (κ2) is 5.26. The molecule has 1 aliphatic carbocycles. The lowest BCUT2D eigenvalue weighted by Crippen LogP contribution is -2.63. The standard InChI is InChI=1S/C20H22N2O3/c1-20(21-9-11-25-12-10-21)18(23)15-7-4-6-14-13-5-2-3-8-16(13)22(17(14)15)19(20)24/h4,6-7H,2-3,5,8-12H2,1H3. The lowest BCUT2D eigenvalue weighted by Gasteiger charge is -2.43. The van der Waals surface area contributed by atoms with Gasteiger partial charge in [-0.15, -0.1) is 0 Å². The number of aryl methyl sites for hydroxylation is 1. The molecular formula is C20H22N2O3. The molecule has 25 heavy (non-hydrogen) atoms. The number of para-hydroxylation sites is 1. The summed E-state index contributed by atoms with van der Waals surface area (Å²) in [7, 11) is 0. The summed E-state index contributed by atoms with van der Waals surface area (Å²) in [6.07, 6.45) is 4.17. The van der Waals surface area contributed by atoms with Crippen LogP contribution in [0, 0.1) is 0 Å². The van der Waals surface area contributed by atoms with Crippen molar-refractivity contribution in [3.8, 4) is 0 Å². The fourth-order valence-corrected chi connectivity index (χ4v) is 4.86. The molecule has 0 N–H and O–H groups in total. The fraction of sp³-hybridized carbons (Fsp3) is 0.500. The molecule has 0 saturated carbocycles. The first-order valence-electron chi connectivity index (χ1n) is 9.21. The van der Waals surface area contributed by atoms with Crippen molar-refractivity contribution >= 4 is 22.6 Å². The van der Waals surface area contributed by atoms with Gasteiger partial charge < -0.3 is 4.74 Å². The maximum atomic E-state index is 13.6. The summed E-state index contributed by atoms with van der Waals surface area (Å²) in [5.74, 6) is -0.140. The van der Waals surface area contributed by atoms with Crippen molar-refractivity contribution in [3.63, 3.8) is 0 Å². The molecule has 3 aliphatic rings. The van der Waals surface area contributed by atoms with Crippen molar-refractivity contribution in [2.24, 2.45) is 0 Å². The summed E-state index contributed by atoms with van der Waals surface area (Å²) in [5, 5.41) is 1.10. The Morgan fingerprint density at radius 2 is 1.84 bits per heavy atom. The molecule has 2 aliphatic heterocycles. The van der Waals surface area contributed by atoms with Gasteiger partial charge in [-0.1, -0.05) is 12.1 Å². The molecule has 3 heterocycles. The molecule has 0 radical (unpaired) electrons. The molecule has 1 saturated heterocycles. The van der Waals surface area contributed by atoms with Crippen LogP contribution in [0.4, 0.5) is 0 Å². The minimum Gasteiger partial charge on any atom is -0.379 e. The number of ether oxygens (including phenoxy) is 1. The second-order valence-electron chi connectivity index (χ2n) is 7.48. The molecule has 130 valence electrons. The van der Waals surface area contributed by atoms with E-state index >= 15 is 0 Å². The first-order valence-corrected chi connectivity index (χ1v) is 9.21. The number of ketones is 1. The maximum Gasteiger partial charge on any atom is 0.259 e. The summed E-state index contributed by atoms with van der Waals surface area (Å²) in [6, 6.07) is 5.92. The molecule has 1 fully saturated rings. The monoisotopic (exact) mass is 338 g/mol. The number of hydrogen-bond acceptors (Lipinski definition) is 4. The van der Waals surface area contributed by atoms with Crippen molar-refractivity contribution in [3.05, 3.63) is 35.0 Å². The zero-order chi connectivity index (χ0) is 17.2. The summed E-state index contributed by atoms with van der Waals surface area (Å²) in [5.41, 5.74) is 2.81. The molecule has 5 rings (SSSR count). The van der Waals surface area contributed by atoms with Gasteiger partial charge in [-0.2, -0.15) is 0 Å². The van der Waals surface area contributed by atoms with Crippen LogP contribution in [0.3, 0.4) is 0 Å². The SMILES string of the molecule is CC1(N2CCOCC2)C(=O)c2cccc3c4c(n(c23)C1=O)CCCC4. The Labute approximate surface area is 146 Å². The van der Waals surface area contributed by atoms with Crippen molar-refractivity contribution in [2.75, 3.05) is 26.3 Å². The van der Waals surface area contributed by atoms with Gasteiger partial charge in [-0.25, -0.2) is 0 Å². The normalized spacial score (nSPS) is 26.9. The average Bonchev–Trinajstić information content (AvgIpc) is 3.00. The quantitative estimate of drug-likeness (QED) is 0.750. The third-order valence-corrected chi connectivity index (χ3v) is 6.24.